The van der Waals surface area contributed by atoms with Crippen molar-refractivity contribution in [2.24, 2.45) is 23.2 Å². The van der Waals surface area contributed by atoms with Crippen LogP contribution in [-0.2, 0) is 31.1 Å². The van der Waals surface area contributed by atoms with Crippen molar-refractivity contribution >= 4 is 29.0 Å². The third-order valence-electron chi connectivity index (χ3n) is 7.71. The Morgan fingerprint density at radius 1 is 0.950 bits per heavy atom. The summed E-state index contributed by atoms with van der Waals surface area (Å²) in [6.45, 7) is 17.9. The first-order chi connectivity index (χ1) is 18.6. The highest BCUT2D eigenvalue weighted by Crippen LogP contribution is 2.32. The number of amides is 1. The second-order valence-corrected chi connectivity index (χ2v) is 13.7. The van der Waals surface area contributed by atoms with Crippen molar-refractivity contribution in [2.45, 2.75) is 86.4 Å². The predicted molar refractivity (Wildman–Crippen MR) is 164 cm³/mol. The van der Waals surface area contributed by atoms with E-state index in [0.717, 1.165) is 10.4 Å². The molecule has 1 heterocycles. The van der Waals surface area contributed by atoms with Crippen molar-refractivity contribution in [3.8, 4) is 0 Å². The number of Topliss-reactive ketones (excluding diaryl/α,β-unsaturated/α-hetero) is 1. The molecule has 4 atom stereocenters. The topological polar surface area (TPSA) is 84.5 Å². The summed E-state index contributed by atoms with van der Waals surface area (Å²) in [5.74, 6) is -1.20. The molecule has 0 aliphatic rings. The fraction of sp³-hybridized carbons (Fsp3) is 0.545. The first kappa shape index (κ1) is 33.4. The van der Waals surface area contributed by atoms with Gasteiger partial charge in [-0.25, -0.2) is 4.79 Å². The molecule has 0 aliphatic carbocycles. The molecule has 0 saturated heterocycles. The first-order valence-corrected chi connectivity index (χ1v) is 14.9. The predicted octanol–water partition coefficient (Wildman–Crippen LogP) is 6.31. The van der Waals surface area contributed by atoms with E-state index in [1.165, 1.54) is 11.3 Å². The number of thiophene rings is 1. The average Bonchev–Trinajstić information content (AvgIpc) is 3.41. The molecule has 1 aromatic heterocycles. The second kappa shape index (κ2) is 14.2. The molecule has 0 fully saturated rings. The molecule has 2 N–H and O–H groups in total. The van der Waals surface area contributed by atoms with Crippen molar-refractivity contribution in [1.82, 2.24) is 10.6 Å². The molecule has 40 heavy (non-hydrogen) atoms. The summed E-state index contributed by atoms with van der Waals surface area (Å²) in [4.78, 5) is 41.5. The summed E-state index contributed by atoms with van der Waals surface area (Å²) < 4.78 is 5.48. The van der Waals surface area contributed by atoms with Gasteiger partial charge in [0.2, 0.25) is 5.91 Å². The van der Waals surface area contributed by atoms with Crippen LogP contribution >= 0.6 is 11.3 Å². The zero-order chi connectivity index (χ0) is 30.3. The molecule has 0 bridgehead atoms. The van der Waals surface area contributed by atoms with Crippen LogP contribution in [0, 0.1) is 23.2 Å². The molecule has 0 aliphatic heterocycles. The van der Waals surface area contributed by atoms with E-state index in [1.807, 2.05) is 109 Å². The molecule has 0 radical (unpaired) electrons. The standard InChI is InChI=1S/C33H48N2O4S/c1-21(2)26(19-22(3)31(38)39-20-25-17-14-18-40-25)23(4)27(36)28(32(5,6)7)35-30(37)29(34-10)33(8,9)24-15-12-11-13-16-24/h11-19,21,23,26,28-29,34H,20H2,1-10H3,(H,35,37)/b22-19+/t23?,26-,28-,29-/m1/s1. The minimum atomic E-state index is -0.710. The van der Waals surface area contributed by atoms with Gasteiger partial charge in [0.05, 0.1) is 12.1 Å². The van der Waals surface area contributed by atoms with Gasteiger partial charge in [-0.2, -0.15) is 0 Å². The van der Waals surface area contributed by atoms with Crippen LogP contribution in [0.5, 0.6) is 0 Å². The molecule has 2 rings (SSSR count). The number of benzene rings is 1. The number of rotatable bonds is 13. The fourth-order valence-corrected chi connectivity index (χ4v) is 5.78. The number of hydrogen-bond acceptors (Lipinski definition) is 6. The van der Waals surface area contributed by atoms with Gasteiger partial charge in [0.1, 0.15) is 6.61 Å². The SMILES string of the molecule is CN[C@H](C(=O)N[C@H](C(=O)C(C)[C@H](/C=C(\C)C(=O)OCc1cccs1)C(C)C)C(C)(C)C)C(C)(C)c1ccccc1. The van der Waals surface area contributed by atoms with Gasteiger partial charge in [-0.05, 0) is 48.2 Å². The number of carbonyl (C=O) groups is 3. The van der Waals surface area contributed by atoms with Crippen LogP contribution in [0.15, 0.2) is 59.5 Å². The number of nitrogens with one attached hydrogen (secondary N) is 2. The van der Waals surface area contributed by atoms with E-state index in [9.17, 15) is 14.4 Å². The van der Waals surface area contributed by atoms with Gasteiger partial charge in [0, 0.05) is 21.8 Å². The van der Waals surface area contributed by atoms with Gasteiger partial charge in [0.15, 0.2) is 5.78 Å². The van der Waals surface area contributed by atoms with Crippen molar-refractivity contribution in [2.75, 3.05) is 7.05 Å². The zero-order valence-electron chi connectivity index (χ0n) is 25.8. The van der Waals surface area contributed by atoms with E-state index in [0.29, 0.717) is 5.57 Å². The zero-order valence-corrected chi connectivity index (χ0v) is 26.6. The Balaban J connectivity index is 2.26. The quantitative estimate of drug-likeness (QED) is 0.218. The Labute approximate surface area is 245 Å². The smallest absolute Gasteiger partial charge is 0.333 e. The number of carbonyl (C=O) groups excluding carboxylic acids is 3. The third-order valence-corrected chi connectivity index (χ3v) is 8.56. The number of hydrogen-bond donors (Lipinski definition) is 2. The van der Waals surface area contributed by atoms with Crippen LogP contribution in [0.3, 0.4) is 0 Å². The Bertz CT molecular complexity index is 1150. The summed E-state index contributed by atoms with van der Waals surface area (Å²) >= 11 is 1.54. The van der Waals surface area contributed by atoms with Crippen LogP contribution in [0.1, 0.15) is 72.8 Å². The van der Waals surface area contributed by atoms with Crippen molar-refractivity contribution in [1.29, 1.82) is 0 Å². The maximum atomic E-state index is 14.1. The van der Waals surface area contributed by atoms with Gasteiger partial charge in [0.25, 0.3) is 0 Å². The molecule has 220 valence electrons. The first-order valence-electron chi connectivity index (χ1n) is 14.1. The molecule has 2 aromatic rings. The van der Waals surface area contributed by atoms with Crippen molar-refractivity contribution < 1.29 is 19.1 Å². The largest absolute Gasteiger partial charge is 0.457 e. The van der Waals surface area contributed by atoms with Crippen molar-refractivity contribution in [3.05, 3.63) is 69.9 Å². The number of esters is 1. The lowest BCUT2D eigenvalue weighted by molar-refractivity contribution is -0.140. The lowest BCUT2D eigenvalue weighted by Crippen LogP contribution is -2.60. The van der Waals surface area contributed by atoms with E-state index in [1.54, 1.807) is 14.0 Å². The lowest BCUT2D eigenvalue weighted by Gasteiger charge is -2.38. The van der Waals surface area contributed by atoms with Crippen LogP contribution in [0.4, 0.5) is 0 Å². The van der Waals surface area contributed by atoms with Crippen LogP contribution in [0.25, 0.3) is 0 Å². The number of ether oxygens (including phenoxy) is 1. The van der Waals surface area contributed by atoms with Gasteiger partial charge >= 0.3 is 5.97 Å². The maximum absolute atomic E-state index is 14.1. The van der Waals surface area contributed by atoms with Crippen LogP contribution in [-0.4, -0.2) is 36.8 Å². The Morgan fingerprint density at radius 3 is 2.08 bits per heavy atom. The highest BCUT2D eigenvalue weighted by atomic mass is 32.1. The minimum absolute atomic E-state index is 0.0528. The van der Waals surface area contributed by atoms with Crippen LogP contribution < -0.4 is 10.6 Å². The molecular formula is C33H48N2O4S. The van der Waals surface area contributed by atoms with Gasteiger partial charge < -0.3 is 15.4 Å². The Hall–Kier alpha value is -2.77. The molecule has 1 unspecified atom stereocenters. The molecule has 1 amide bonds. The number of likely N-dealkylation sites (N-methyl/N-ethyl adjacent to an activating group) is 1. The van der Waals surface area contributed by atoms with E-state index < -0.39 is 28.8 Å². The average molecular weight is 569 g/mol. The molecule has 6 nitrogen and oxygen atoms in total. The van der Waals surface area contributed by atoms with E-state index in [2.05, 4.69) is 10.6 Å². The number of ketones is 1. The monoisotopic (exact) mass is 568 g/mol. The van der Waals surface area contributed by atoms with Crippen molar-refractivity contribution in [3.63, 3.8) is 0 Å². The van der Waals surface area contributed by atoms with E-state index >= 15 is 0 Å². The Morgan fingerprint density at radius 2 is 1.57 bits per heavy atom. The summed E-state index contributed by atoms with van der Waals surface area (Å²) in [5, 5.41) is 8.24. The number of allylic oxidation sites excluding steroid dienone is 1. The second-order valence-electron chi connectivity index (χ2n) is 12.6. The third kappa shape index (κ3) is 8.61. The van der Waals surface area contributed by atoms with Gasteiger partial charge in [-0.15, -0.1) is 11.3 Å². The molecule has 0 spiro atoms. The van der Waals surface area contributed by atoms with Gasteiger partial charge in [-0.1, -0.05) is 97.9 Å². The minimum Gasteiger partial charge on any atom is -0.457 e. The Kier molecular flexibility index (Phi) is 11.9. The lowest BCUT2D eigenvalue weighted by atomic mass is 9.73. The maximum Gasteiger partial charge on any atom is 0.333 e. The summed E-state index contributed by atoms with van der Waals surface area (Å²) in [6, 6.07) is 12.5. The summed E-state index contributed by atoms with van der Waals surface area (Å²) in [6.07, 6.45) is 1.86. The summed E-state index contributed by atoms with van der Waals surface area (Å²) in [7, 11) is 1.77. The van der Waals surface area contributed by atoms with Crippen LogP contribution in [0.2, 0.25) is 0 Å². The molecule has 1 aromatic carbocycles. The molecule has 7 heteroatoms. The van der Waals surface area contributed by atoms with E-state index in [-0.39, 0.29) is 36.1 Å². The normalized spacial score (nSPS) is 15.7. The molecular weight excluding hydrogens is 520 g/mol. The van der Waals surface area contributed by atoms with E-state index in [4.69, 9.17) is 4.74 Å². The highest BCUT2D eigenvalue weighted by molar-refractivity contribution is 7.09. The molecule has 0 saturated carbocycles. The van der Waals surface area contributed by atoms with Gasteiger partial charge in [-0.3, -0.25) is 9.59 Å². The highest BCUT2D eigenvalue weighted by Gasteiger charge is 2.42. The summed E-state index contributed by atoms with van der Waals surface area (Å²) in [5.41, 5.74) is 0.478. The fourth-order valence-electron chi connectivity index (χ4n) is 5.16.